The van der Waals surface area contributed by atoms with Gasteiger partial charge in [-0.15, -0.1) is 0 Å². The van der Waals surface area contributed by atoms with Gasteiger partial charge in [-0.2, -0.15) is 0 Å². The molecule has 1 unspecified atom stereocenters. The highest BCUT2D eigenvalue weighted by atomic mass is 79.9. The Morgan fingerprint density at radius 1 is 1.33 bits per heavy atom. The van der Waals surface area contributed by atoms with Gasteiger partial charge in [-0.3, -0.25) is 0 Å². The average Bonchev–Trinajstić information content (AvgIpc) is 2.40. The molecule has 0 amide bonds. The van der Waals surface area contributed by atoms with Gasteiger partial charge in [0.15, 0.2) is 0 Å². The number of likely N-dealkylation sites (N-methyl/N-ethyl adjacent to an activating group) is 1. The number of hydrogen-bond acceptors (Lipinski definition) is 2. The van der Waals surface area contributed by atoms with Crippen LogP contribution in [0.3, 0.4) is 0 Å². The summed E-state index contributed by atoms with van der Waals surface area (Å²) in [5, 5.41) is 3.42. The van der Waals surface area contributed by atoms with Gasteiger partial charge in [0.2, 0.25) is 0 Å². The molecule has 0 aliphatic rings. The lowest BCUT2D eigenvalue weighted by Crippen LogP contribution is -2.51. The Kier molecular flexibility index (Phi) is 6.33. The number of ether oxygens (including phenoxy) is 1. The van der Waals surface area contributed by atoms with Gasteiger partial charge in [-0.1, -0.05) is 41.9 Å². The molecule has 0 fully saturated rings. The maximum Gasteiger partial charge on any atom is 0.0828 e. The van der Waals surface area contributed by atoms with E-state index < -0.39 is 0 Å². The largest absolute Gasteiger partial charge is 0.377 e. The zero-order valence-electron chi connectivity index (χ0n) is 11.8. The number of nitrogens with one attached hydrogen (secondary N) is 1. The Bertz CT molecular complexity index is 355. The lowest BCUT2D eigenvalue weighted by atomic mass is 9.84. The summed E-state index contributed by atoms with van der Waals surface area (Å²) < 4.78 is 6.95. The molecule has 1 N–H and O–H groups in total. The second kappa shape index (κ2) is 7.27. The zero-order chi connectivity index (χ0) is 13.6. The molecule has 0 aliphatic carbocycles. The second-order valence-corrected chi connectivity index (χ2v) is 5.57. The summed E-state index contributed by atoms with van der Waals surface area (Å²) in [7, 11) is 3.83. The van der Waals surface area contributed by atoms with Crippen LogP contribution in [0.1, 0.15) is 32.3 Å². The number of benzene rings is 1. The third-order valence-corrected chi connectivity index (χ3v) is 4.41. The van der Waals surface area contributed by atoms with Crippen LogP contribution in [0.15, 0.2) is 28.7 Å². The van der Waals surface area contributed by atoms with E-state index in [1.807, 2.05) is 14.2 Å². The molecule has 0 spiro atoms. The average molecular weight is 314 g/mol. The SMILES string of the molecule is CCC(CC)(OC)C(Cc1cccc(Br)c1)NC. The van der Waals surface area contributed by atoms with Crippen molar-refractivity contribution in [2.45, 2.75) is 44.8 Å². The molecule has 0 aliphatic heterocycles. The first-order valence-corrected chi connectivity index (χ1v) is 7.38. The predicted molar refractivity (Wildman–Crippen MR) is 81.0 cm³/mol. The van der Waals surface area contributed by atoms with Gasteiger partial charge in [0.1, 0.15) is 0 Å². The lowest BCUT2D eigenvalue weighted by molar-refractivity contribution is -0.0454. The molecular weight excluding hydrogens is 290 g/mol. The second-order valence-electron chi connectivity index (χ2n) is 4.65. The molecule has 0 bridgehead atoms. The number of rotatable bonds is 7. The van der Waals surface area contributed by atoms with Gasteiger partial charge in [0.25, 0.3) is 0 Å². The van der Waals surface area contributed by atoms with Crippen molar-refractivity contribution in [3.63, 3.8) is 0 Å². The Balaban J connectivity index is 2.90. The summed E-state index contributed by atoms with van der Waals surface area (Å²) in [6.45, 7) is 4.39. The van der Waals surface area contributed by atoms with Crippen LogP contribution in [0.5, 0.6) is 0 Å². The monoisotopic (exact) mass is 313 g/mol. The fourth-order valence-electron chi connectivity index (χ4n) is 2.62. The van der Waals surface area contributed by atoms with Crippen molar-refractivity contribution in [1.82, 2.24) is 5.32 Å². The molecule has 1 atom stereocenters. The standard InChI is InChI=1S/C15H24BrNO/c1-5-15(6-2,18-4)14(17-3)11-12-8-7-9-13(16)10-12/h7-10,14,17H,5-6,11H2,1-4H3. The minimum Gasteiger partial charge on any atom is -0.377 e. The Morgan fingerprint density at radius 3 is 2.44 bits per heavy atom. The lowest BCUT2D eigenvalue weighted by Gasteiger charge is -2.38. The van der Waals surface area contributed by atoms with E-state index in [0.29, 0.717) is 6.04 Å². The van der Waals surface area contributed by atoms with E-state index in [1.54, 1.807) is 0 Å². The molecule has 102 valence electrons. The highest BCUT2D eigenvalue weighted by Crippen LogP contribution is 2.27. The van der Waals surface area contributed by atoms with Crippen molar-refractivity contribution < 1.29 is 4.74 Å². The molecule has 0 heterocycles. The van der Waals surface area contributed by atoms with Crippen LogP contribution >= 0.6 is 15.9 Å². The molecule has 0 saturated carbocycles. The minimum absolute atomic E-state index is 0.0862. The third-order valence-electron chi connectivity index (χ3n) is 3.92. The number of halogens is 1. The Hall–Kier alpha value is -0.380. The summed E-state index contributed by atoms with van der Waals surface area (Å²) in [5.41, 5.74) is 1.24. The predicted octanol–water partition coefficient (Wildman–Crippen LogP) is 3.78. The fourth-order valence-corrected chi connectivity index (χ4v) is 3.07. The molecule has 0 radical (unpaired) electrons. The van der Waals surface area contributed by atoms with E-state index >= 15 is 0 Å². The molecule has 0 aromatic heterocycles. The van der Waals surface area contributed by atoms with Crippen LogP contribution < -0.4 is 5.32 Å². The summed E-state index contributed by atoms with van der Waals surface area (Å²) in [4.78, 5) is 0. The normalized spacial score (nSPS) is 13.6. The molecule has 1 aromatic carbocycles. The van der Waals surface area contributed by atoms with Crippen LogP contribution in [0.4, 0.5) is 0 Å². The van der Waals surface area contributed by atoms with Gasteiger partial charge >= 0.3 is 0 Å². The first-order chi connectivity index (χ1) is 8.61. The summed E-state index contributed by atoms with van der Waals surface area (Å²) in [6, 6.07) is 8.81. The van der Waals surface area contributed by atoms with Crippen molar-refractivity contribution >= 4 is 15.9 Å². The molecule has 18 heavy (non-hydrogen) atoms. The zero-order valence-corrected chi connectivity index (χ0v) is 13.4. The van der Waals surface area contributed by atoms with Crippen LogP contribution in [0, 0.1) is 0 Å². The maximum absolute atomic E-state index is 5.82. The van der Waals surface area contributed by atoms with Crippen molar-refractivity contribution in [2.24, 2.45) is 0 Å². The van der Waals surface area contributed by atoms with Crippen LogP contribution in [-0.2, 0) is 11.2 Å². The molecule has 1 rings (SSSR count). The summed E-state index contributed by atoms with van der Waals surface area (Å²) in [5.74, 6) is 0. The Labute approximate surface area is 119 Å². The first kappa shape index (κ1) is 15.7. The topological polar surface area (TPSA) is 21.3 Å². The minimum atomic E-state index is -0.0862. The number of hydrogen-bond donors (Lipinski definition) is 1. The molecule has 2 nitrogen and oxygen atoms in total. The fraction of sp³-hybridized carbons (Fsp3) is 0.600. The van der Waals surface area contributed by atoms with Crippen molar-refractivity contribution in [1.29, 1.82) is 0 Å². The molecule has 1 aromatic rings. The quantitative estimate of drug-likeness (QED) is 0.827. The molecule has 3 heteroatoms. The smallest absolute Gasteiger partial charge is 0.0828 e. The molecular formula is C15H24BrNO. The van der Waals surface area contributed by atoms with Gasteiger partial charge in [-0.25, -0.2) is 0 Å². The van der Waals surface area contributed by atoms with Crippen molar-refractivity contribution in [3.8, 4) is 0 Å². The summed E-state index contributed by atoms with van der Waals surface area (Å²) in [6.07, 6.45) is 3.00. The number of methoxy groups -OCH3 is 1. The van der Waals surface area contributed by atoms with Crippen LogP contribution in [0.25, 0.3) is 0 Å². The van der Waals surface area contributed by atoms with Crippen molar-refractivity contribution in [3.05, 3.63) is 34.3 Å². The van der Waals surface area contributed by atoms with Crippen LogP contribution in [0.2, 0.25) is 0 Å². The van der Waals surface area contributed by atoms with Crippen molar-refractivity contribution in [2.75, 3.05) is 14.2 Å². The van der Waals surface area contributed by atoms with Gasteiger partial charge in [0.05, 0.1) is 5.60 Å². The Morgan fingerprint density at radius 2 is 2.00 bits per heavy atom. The highest BCUT2D eigenvalue weighted by Gasteiger charge is 2.34. The van der Waals surface area contributed by atoms with E-state index in [2.05, 4.69) is 59.4 Å². The third kappa shape index (κ3) is 3.56. The van der Waals surface area contributed by atoms with E-state index in [0.717, 1.165) is 23.7 Å². The maximum atomic E-state index is 5.82. The van der Waals surface area contributed by atoms with E-state index in [9.17, 15) is 0 Å². The first-order valence-electron chi connectivity index (χ1n) is 6.58. The van der Waals surface area contributed by atoms with Gasteiger partial charge in [-0.05, 0) is 44.0 Å². The summed E-state index contributed by atoms with van der Waals surface area (Å²) >= 11 is 3.52. The van der Waals surface area contributed by atoms with Gasteiger partial charge in [0, 0.05) is 17.6 Å². The van der Waals surface area contributed by atoms with E-state index in [1.165, 1.54) is 5.56 Å². The van der Waals surface area contributed by atoms with E-state index in [4.69, 9.17) is 4.74 Å². The van der Waals surface area contributed by atoms with Gasteiger partial charge < -0.3 is 10.1 Å². The van der Waals surface area contributed by atoms with Crippen LogP contribution in [-0.4, -0.2) is 25.8 Å². The highest BCUT2D eigenvalue weighted by molar-refractivity contribution is 9.10. The van der Waals surface area contributed by atoms with E-state index in [-0.39, 0.29) is 5.60 Å². The molecule has 0 saturated heterocycles.